The Morgan fingerprint density at radius 3 is 3.00 bits per heavy atom. The van der Waals surface area contributed by atoms with E-state index in [0.717, 1.165) is 0 Å². The summed E-state index contributed by atoms with van der Waals surface area (Å²) in [6.45, 7) is 0.472. The van der Waals surface area contributed by atoms with Gasteiger partial charge in [0.25, 0.3) is 0 Å². The minimum atomic E-state index is -0.392. The second-order valence-electron chi connectivity index (χ2n) is 3.79. The fourth-order valence-corrected chi connectivity index (χ4v) is 1.60. The number of carbonyl (C=O) groups is 1. The van der Waals surface area contributed by atoms with Crippen LogP contribution in [0.1, 0.15) is 5.82 Å². The maximum absolute atomic E-state index is 13.2. The molecule has 0 saturated heterocycles. The standard InChI is InChI=1S/C11H12ClFN6O/c12-4-5-14-11(20)15-7-10-16-17-18-19(10)9-3-1-2-8(13)6-9/h1-3,6H,4-5,7H2,(H2,14,15,20). The molecule has 0 bridgehead atoms. The van der Waals surface area contributed by atoms with Crippen LogP contribution in [-0.2, 0) is 6.54 Å². The van der Waals surface area contributed by atoms with E-state index in [0.29, 0.717) is 23.9 Å². The maximum atomic E-state index is 13.2. The van der Waals surface area contributed by atoms with E-state index in [2.05, 4.69) is 26.2 Å². The molecule has 0 aliphatic heterocycles. The van der Waals surface area contributed by atoms with Crippen molar-refractivity contribution in [2.45, 2.75) is 6.54 Å². The lowest BCUT2D eigenvalue weighted by Gasteiger charge is -2.07. The van der Waals surface area contributed by atoms with Gasteiger partial charge in [-0.25, -0.2) is 9.18 Å². The Labute approximate surface area is 119 Å². The monoisotopic (exact) mass is 298 g/mol. The molecule has 20 heavy (non-hydrogen) atoms. The van der Waals surface area contributed by atoms with Crippen LogP contribution in [-0.4, -0.2) is 38.7 Å². The predicted molar refractivity (Wildman–Crippen MR) is 70.1 cm³/mol. The highest BCUT2D eigenvalue weighted by molar-refractivity contribution is 6.18. The molecule has 0 atom stereocenters. The Bertz CT molecular complexity index is 590. The molecule has 0 fully saturated rings. The van der Waals surface area contributed by atoms with Crippen LogP contribution < -0.4 is 10.6 Å². The number of rotatable bonds is 5. The van der Waals surface area contributed by atoms with Crippen molar-refractivity contribution in [1.82, 2.24) is 30.8 Å². The number of alkyl halides is 1. The smallest absolute Gasteiger partial charge is 0.315 e. The van der Waals surface area contributed by atoms with Crippen molar-refractivity contribution in [2.24, 2.45) is 0 Å². The number of nitrogens with zero attached hydrogens (tertiary/aromatic N) is 4. The molecule has 1 heterocycles. The second-order valence-corrected chi connectivity index (χ2v) is 4.16. The molecule has 2 aromatic rings. The highest BCUT2D eigenvalue weighted by Crippen LogP contribution is 2.09. The summed E-state index contributed by atoms with van der Waals surface area (Å²) in [6.07, 6.45) is 0. The molecule has 2 amide bonds. The van der Waals surface area contributed by atoms with Gasteiger partial charge in [-0.2, -0.15) is 4.68 Å². The fourth-order valence-electron chi connectivity index (χ4n) is 1.51. The molecule has 1 aromatic heterocycles. The lowest BCUT2D eigenvalue weighted by Crippen LogP contribution is -2.36. The van der Waals surface area contributed by atoms with Crippen molar-refractivity contribution in [2.75, 3.05) is 12.4 Å². The van der Waals surface area contributed by atoms with E-state index in [9.17, 15) is 9.18 Å². The van der Waals surface area contributed by atoms with Crippen molar-refractivity contribution < 1.29 is 9.18 Å². The van der Waals surface area contributed by atoms with Crippen LogP contribution in [0.25, 0.3) is 5.69 Å². The topological polar surface area (TPSA) is 84.7 Å². The summed E-state index contributed by atoms with van der Waals surface area (Å²) >= 11 is 5.45. The molecule has 9 heteroatoms. The van der Waals surface area contributed by atoms with E-state index in [1.165, 1.54) is 16.8 Å². The third kappa shape index (κ3) is 3.64. The van der Waals surface area contributed by atoms with Crippen molar-refractivity contribution in [3.05, 3.63) is 35.9 Å². The Hall–Kier alpha value is -2.22. The first-order valence-corrected chi connectivity index (χ1v) is 6.35. The van der Waals surface area contributed by atoms with Crippen LogP contribution in [0, 0.1) is 5.82 Å². The molecule has 1 aromatic carbocycles. The van der Waals surface area contributed by atoms with E-state index in [1.807, 2.05) is 0 Å². The SMILES string of the molecule is O=C(NCCCl)NCc1nnnn1-c1cccc(F)c1. The maximum Gasteiger partial charge on any atom is 0.315 e. The molecular formula is C11H12ClFN6O. The van der Waals surface area contributed by atoms with Gasteiger partial charge in [0.05, 0.1) is 12.2 Å². The highest BCUT2D eigenvalue weighted by Gasteiger charge is 2.10. The van der Waals surface area contributed by atoms with Gasteiger partial charge in [0.2, 0.25) is 0 Å². The predicted octanol–water partition coefficient (Wildman–Crippen LogP) is 0.839. The van der Waals surface area contributed by atoms with Crippen LogP contribution >= 0.6 is 11.6 Å². The fraction of sp³-hybridized carbons (Fsp3) is 0.273. The second kappa shape index (κ2) is 6.80. The minimum Gasteiger partial charge on any atom is -0.337 e. The third-order valence-electron chi connectivity index (χ3n) is 2.37. The zero-order valence-corrected chi connectivity index (χ0v) is 11.1. The number of tetrazole rings is 1. The lowest BCUT2D eigenvalue weighted by molar-refractivity contribution is 0.240. The lowest BCUT2D eigenvalue weighted by atomic mass is 10.3. The summed E-state index contributed by atoms with van der Waals surface area (Å²) in [4.78, 5) is 11.4. The Kier molecular flexibility index (Phi) is 4.83. The number of nitrogens with one attached hydrogen (secondary N) is 2. The minimum absolute atomic E-state index is 0.109. The zero-order valence-electron chi connectivity index (χ0n) is 10.4. The van der Waals surface area contributed by atoms with Gasteiger partial charge in [0.15, 0.2) is 5.82 Å². The van der Waals surface area contributed by atoms with E-state index in [1.54, 1.807) is 12.1 Å². The molecule has 0 aliphatic carbocycles. The van der Waals surface area contributed by atoms with Crippen molar-refractivity contribution >= 4 is 17.6 Å². The van der Waals surface area contributed by atoms with Gasteiger partial charge in [-0.15, -0.1) is 16.7 Å². The summed E-state index contributed by atoms with van der Waals surface area (Å²) in [5, 5.41) is 16.2. The average Bonchev–Trinajstić information content (AvgIpc) is 2.91. The molecule has 106 valence electrons. The molecule has 7 nitrogen and oxygen atoms in total. The first kappa shape index (κ1) is 14.2. The van der Waals surface area contributed by atoms with E-state index in [4.69, 9.17) is 11.6 Å². The average molecular weight is 299 g/mol. The molecule has 2 N–H and O–H groups in total. The summed E-state index contributed by atoms with van der Waals surface area (Å²) in [7, 11) is 0. The molecule has 2 rings (SSSR count). The summed E-state index contributed by atoms with van der Waals surface area (Å²) in [5.74, 6) is 0.322. The molecule has 0 radical (unpaired) electrons. The van der Waals surface area contributed by atoms with Gasteiger partial charge in [-0.3, -0.25) is 0 Å². The summed E-state index contributed by atoms with van der Waals surface area (Å²) < 4.78 is 14.5. The normalized spacial score (nSPS) is 10.3. The number of carbonyl (C=O) groups excluding carboxylic acids is 1. The number of aromatic nitrogens is 4. The van der Waals surface area contributed by atoms with Crippen molar-refractivity contribution in [3.63, 3.8) is 0 Å². The van der Waals surface area contributed by atoms with Crippen molar-refractivity contribution in [3.8, 4) is 5.69 Å². The molecule has 0 unspecified atom stereocenters. The van der Waals surface area contributed by atoms with E-state index in [-0.39, 0.29) is 12.6 Å². The van der Waals surface area contributed by atoms with Crippen LogP contribution in [0.4, 0.5) is 9.18 Å². The van der Waals surface area contributed by atoms with Crippen molar-refractivity contribution in [1.29, 1.82) is 0 Å². The highest BCUT2D eigenvalue weighted by atomic mass is 35.5. The number of benzene rings is 1. The van der Waals surface area contributed by atoms with E-state index < -0.39 is 5.82 Å². The van der Waals surface area contributed by atoms with Gasteiger partial charge in [-0.05, 0) is 28.6 Å². The van der Waals surface area contributed by atoms with Gasteiger partial charge in [-0.1, -0.05) is 6.07 Å². The summed E-state index contributed by atoms with van der Waals surface area (Å²) in [5.41, 5.74) is 0.480. The Balaban J connectivity index is 2.04. The van der Waals surface area contributed by atoms with Crippen LogP contribution in [0.5, 0.6) is 0 Å². The molecule has 0 saturated carbocycles. The Morgan fingerprint density at radius 1 is 1.40 bits per heavy atom. The number of hydrogen-bond donors (Lipinski definition) is 2. The number of urea groups is 1. The van der Waals surface area contributed by atoms with Crippen LogP contribution in [0.3, 0.4) is 0 Å². The first-order chi connectivity index (χ1) is 9.70. The molecular weight excluding hydrogens is 287 g/mol. The van der Waals surface area contributed by atoms with Gasteiger partial charge >= 0.3 is 6.03 Å². The quantitative estimate of drug-likeness (QED) is 0.801. The van der Waals surface area contributed by atoms with Crippen LogP contribution in [0.15, 0.2) is 24.3 Å². The Morgan fingerprint density at radius 2 is 2.25 bits per heavy atom. The first-order valence-electron chi connectivity index (χ1n) is 5.81. The van der Waals surface area contributed by atoms with Gasteiger partial charge in [0, 0.05) is 12.4 Å². The number of amides is 2. The zero-order chi connectivity index (χ0) is 14.4. The number of hydrogen-bond acceptors (Lipinski definition) is 4. The van der Waals surface area contributed by atoms with Gasteiger partial charge in [0.1, 0.15) is 5.82 Å². The van der Waals surface area contributed by atoms with Gasteiger partial charge < -0.3 is 10.6 Å². The van der Waals surface area contributed by atoms with E-state index >= 15 is 0 Å². The molecule has 0 aliphatic rings. The summed E-state index contributed by atoms with van der Waals surface area (Å²) in [6, 6.07) is 5.46. The molecule has 0 spiro atoms. The van der Waals surface area contributed by atoms with Crippen LogP contribution in [0.2, 0.25) is 0 Å². The number of halogens is 2. The third-order valence-corrected chi connectivity index (χ3v) is 2.56. The largest absolute Gasteiger partial charge is 0.337 e.